The summed E-state index contributed by atoms with van der Waals surface area (Å²) in [6.07, 6.45) is 3.05. The van der Waals surface area contributed by atoms with Crippen molar-refractivity contribution < 1.29 is 4.79 Å². The van der Waals surface area contributed by atoms with Gasteiger partial charge in [0.05, 0.1) is 5.92 Å². The van der Waals surface area contributed by atoms with Gasteiger partial charge in [-0.15, -0.1) is 0 Å². The van der Waals surface area contributed by atoms with Crippen LogP contribution >= 0.6 is 11.6 Å². The van der Waals surface area contributed by atoms with Crippen LogP contribution in [0.4, 0.5) is 5.69 Å². The standard InChI is InChI=1S/C18H18ClNO/c1-12-11-14(19)9-10-17(12)20-18(21)16-8-4-6-13-5-2-3-7-15(13)16/h2-3,5,7,9-11,16H,4,6,8H2,1H3,(H,20,21). The van der Waals surface area contributed by atoms with Gasteiger partial charge in [-0.25, -0.2) is 0 Å². The number of carbonyl (C=O) groups is 1. The lowest BCUT2D eigenvalue weighted by molar-refractivity contribution is -0.117. The van der Waals surface area contributed by atoms with Crippen molar-refractivity contribution in [3.63, 3.8) is 0 Å². The topological polar surface area (TPSA) is 29.1 Å². The summed E-state index contributed by atoms with van der Waals surface area (Å²) in [5.74, 6) is 0.0256. The SMILES string of the molecule is Cc1cc(Cl)ccc1NC(=O)C1CCCc2ccccc21. The molecular formula is C18H18ClNO. The molecule has 3 heteroatoms. The average Bonchev–Trinajstić information content (AvgIpc) is 2.49. The maximum absolute atomic E-state index is 12.6. The maximum atomic E-state index is 12.6. The van der Waals surface area contributed by atoms with Gasteiger partial charge in [0.25, 0.3) is 0 Å². The molecule has 1 aliphatic carbocycles. The lowest BCUT2D eigenvalue weighted by Crippen LogP contribution is -2.25. The summed E-state index contributed by atoms with van der Waals surface area (Å²) in [5.41, 5.74) is 4.30. The van der Waals surface area contributed by atoms with Gasteiger partial charge < -0.3 is 5.32 Å². The van der Waals surface area contributed by atoms with Crippen LogP contribution in [0.5, 0.6) is 0 Å². The van der Waals surface area contributed by atoms with E-state index in [1.54, 1.807) is 6.07 Å². The Morgan fingerprint density at radius 1 is 1.24 bits per heavy atom. The number of amides is 1. The van der Waals surface area contributed by atoms with Crippen molar-refractivity contribution >= 4 is 23.2 Å². The predicted octanol–water partition coefficient (Wildman–Crippen LogP) is 4.71. The number of carbonyl (C=O) groups excluding carboxylic acids is 1. The van der Waals surface area contributed by atoms with Crippen molar-refractivity contribution in [2.24, 2.45) is 0 Å². The largest absolute Gasteiger partial charge is 0.325 e. The van der Waals surface area contributed by atoms with Crippen LogP contribution in [0, 0.1) is 6.92 Å². The second-order valence-electron chi connectivity index (χ2n) is 5.59. The number of rotatable bonds is 2. The van der Waals surface area contributed by atoms with Gasteiger partial charge in [0, 0.05) is 10.7 Å². The Labute approximate surface area is 130 Å². The molecule has 0 heterocycles. The Hall–Kier alpha value is -1.80. The Bertz CT molecular complexity index is 681. The van der Waals surface area contributed by atoms with E-state index in [2.05, 4.69) is 17.4 Å². The number of benzene rings is 2. The first-order chi connectivity index (χ1) is 10.1. The third kappa shape index (κ3) is 2.96. The molecule has 2 nitrogen and oxygen atoms in total. The van der Waals surface area contributed by atoms with E-state index < -0.39 is 0 Å². The minimum Gasteiger partial charge on any atom is -0.325 e. The van der Waals surface area contributed by atoms with Crippen LogP contribution in [0.1, 0.15) is 35.4 Å². The molecule has 0 aliphatic heterocycles. The van der Waals surface area contributed by atoms with Crippen LogP contribution in [0.25, 0.3) is 0 Å². The Morgan fingerprint density at radius 3 is 2.86 bits per heavy atom. The molecule has 0 aromatic heterocycles. The third-order valence-electron chi connectivity index (χ3n) is 4.13. The summed E-state index contributed by atoms with van der Waals surface area (Å²) < 4.78 is 0. The molecule has 1 aliphatic rings. The van der Waals surface area contributed by atoms with E-state index in [1.807, 2.05) is 31.2 Å². The summed E-state index contributed by atoms with van der Waals surface area (Å²) in [6.45, 7) is 1.95. The van der Waals surface area contributed by atoms with Gasteiger partial charge in [-0.3, -0.25) is 4.79 Å². The van der Waals surface area contributed by atoms with Gasteiger partial charge in [0.1, 0.15) is 0 Å². The van der Waals surface area contributed by atoms with E-state index in [0.717, 1.165) is 30.5 Å². The van der Waals surface area contributed by atoms with Crippen molar-refractivity contribution in [3.05, 3.63) is 64.2 Å². The van der Waals surface area contributed by atoms with Crippen molar-refractivity contribution in [3.8, 4) is 0 Å². The molecule has 1 unspecified atom stereocenters. The lowest BCUT2D eigenvalue weighted by atomic mass is 9.82. The average molecular weight is 300 g/mol. The van der Waals surface area contributed by atoms with E-state index in [1.165, 1.54) is 11.1 Å². The van der Waals surface area contributed by atoms with E-state index in [9.17, 15) is 4.79 Å². The molecule has 3 rings (SSSR count). The molecule has 0 spiro atoms. The van der Waals surface area contributed by atoms with Crippen LogP contribution in [-0.2, 0) is 11.2 Å². The maximum Gasteiger partial charge on any atom is 0.231 e. The highest BCUT2D eigenvalue weighted by Gasteiger charge is 2.26. The molecule has 2 aromatic rings. The van der Waals surface area contributed by atoms with Crippen molar-refractivity contribution in [2.45, 2.75) is 32.1 Å². The van der Waals surface area contributed by atoms with Crippen molar-refractivity contribution in [2.75, 3.05) is 5.32 Å². The summed E-state index contributed by atoms with van der Waals surface area (Å²) in [6, 6.07) is 13.8. The van der Waals surface area contributed by atoms with Crippen LogP contribution < -0.4 is 5.32 Å². The van der Waals surface area contributed by atoms with E-state index in [0.29, 0.717) is 5.02 Å². The number of halogens is 1. The number of anilines is 1. The molecule has 0 radical (unpaired) electrons. The van der Waals surface area contributed by atoms with Gasteiger partial charge >= 0.3 is 0 Å². The normalized spacial score (nSPS) is 17.1. The summed E-state index contributed by atoms with van der Waals surface area (Å²) in [7, 11) is 0. The zero-order valence-electron chi connectivity index (χ0n) is 12.0. The number of hydrogen-bond acceptors (Lipinski definition) is 1. The number of aryl methyl sites for hydroxylation is 2. The van der Waals surface area contributed by atoms with Gasteiger partial charge in [0.2, 0.25) is 5.91 Å². The van der Waals surface area contributed by atoms with Gasteiger partial charge in [-0.05, 0) is 61.1 Å². The Balaban J connectivity index is 1.83. The number of fused-ring (bicyclic) bond motifs is 1. The van der Waals surface area contributed by atoms with Crippen LogP contribution in [-0.4, -0.2) is 5.91 Å². The summed E-state index contributed by atoms with van der Waals surface area (Å²) in [4.78, 5) is 12.6. The van der Waals surface area contributed by atoms with Crippen molar-refractivity contribution in [1.82, 2.24) is 0 Å². The molecule has 1 amide bonds. The molecule has 1 N–H and O–H groups in total. The van der Waals surface area contributed by atoms with Crippen LogP contribution in [0.3, 0.4) is 0 Å². The Kier molecular flexibility index (Phi) is 3.98. The fourth-order valence-corrected chi connectivity index (χ4v) is 3.24. The number of hydrogen-bond donors (Lipinski definition) is 1. The quantitative estimate of drug-likeness (QED) is 0.855. The van der Waals surface area contributed by atoms with E-state index in [4.69, 9.17) is 11.6 Å². The molecule has 0 saturated carbocycles. The zero-order valence-corrected chi connectivity index (χ0v) is 12.8. The van der Waals surface area contributed by atoms with E-state index in [-0.39, 0.29) is 11.8 Å². The molecule has 21 heavy (non-hydrogen) atoms. The molecule has 0 fully saturated rings. The molecule has 0 bridgehead atoms. The predicted molar refractivity (Wildman–Crippen MR) is 86.9 cm³/mol. The first-order valence-corrected chi connectivity index (χ1v) is 7.68. The fraction of sp³-hybridized carbons (Fsp3) is 0.278. The minimum atomic E-state index is -0.0509. The minimum absolute atomic E-state index is 0.0509. The van der Waals surface area contributed by atoms with E-state index >= 15 is 0 Å². The smallest absolute Gasteiger partial charge is 0.231 e. The second-order valence-corrected chi connectivity index (χ2v) is 6.03. The molecular weight excluding hydrogens is 282 g/mol. The summed E-state index contributed by atoms with van der Waals surface area (Å²) in [5, 5.41) is 3.74. The first-order valence-electron chi connectivity index (χ1n) is 7.30. The highest BCUT2D eigenvalue weighted by atomic mass is 35.5. The van der Waals surface area contributed by atoms with Crippen LogP contribution in [0.2, 0.25) is 5.02 Å². The molecule has 108 valence electrons. The highest BCUT2D eigenvalue weighted by molar-refractivity contribution is 6.30. The fourth-order valence-electron chi connectivity index (χ4n) is 3.01. The molecule has 2 aromatic carbocycles. The first kappa shape index (κ1) is 14.2. The van der Waals surface area contributed by atoms with Crippen LogP contribution in [0.15, 0.2) is 42.5 Å². The zero-order chi connectivity index (χ0) is 14.8. The van der Waals surface area contributed by atoms with Gasteiger partial charge in [-0.2, -0.15) is 0 Å². The lowest BCUT2D eigenvalue weighted by Gasteiger charge is -2.25. The van der Waals surface area contributed by atoms with Gasteiger partial charge in [-0.1, -0.05) is 35.9 Å². The molecule has 1 atom stereocenters. The number of nitrogens with one attached hydrogen (secondary N) is 1. The molecule has 0 saturated heterocycles. The second kappa shape index (κ2) is 5.90. The highest BCUT2D eigenvalue weighted by Crippen LogP contribution is 2.32. The van der Waals surface area contributed by atoms with Crippen molar-refractivity contribution in [1.29, 1.82) is 0 Å². The van der Waals surface area contributed by atoms with Gasteiger partial charge in [0.15, 0.2) is 0 Å². The third-order valence-corrected chi connectivity index (χ3v) is 4.37. The Morgan fingerprint density at radius 2 is 2.05 bits per heavy atom. The summed E-state index contributed by atoms with van der Waals surface area (Å²) >= 11 is 5.96. The monoisotopic (exact) mass is 299 g/mol.